The van der Waals surface area contributed by atoms with E-state index in [9.17, 15) is 9.59 Å². The topological polar surface area (TPSA) is 80.3 Å². The number of thiazole rings is 1. The van der Waals surface area contributed by atoms with Crippen LogP contribution < -0.4 is 15.4 Å². The highest BCUT2D eigenvalue weighted by molar-refractivity contribution is 7.14. The van der Waals surface area contributed by atoms with Crippen molar-refractivity contribution in [2.75, 3.05) is 12.4 Å². The average molecular weight is 518 g/mol. The molecule has 1 aliphatic heterocycles. The lowest BCUT2D eigenvalue weighted by Gasteiger charge is -2.36. The van der Waals surface area contributed by atoms with Crippen LogP contribution in [0.5, 0.6) is 5.75 Å². The Morgan fingerprint density at radius 1 is 0.737 bits per heavy atom. The largest absolute Gasteiger partial charge is 0.495 e. The number of nitrogens with one attached hydrogen (secondary N) is 2. The minimum absolute atomic E-state index is 0.240. The van der Waals surface area contributed by atoms with Gasteiger partial charge in [-0.1, -0.05) is 91.0 Å². The third kappa shape index (κ3) is 3.84. The maximum absolute atomic E-state index is 12.5. The van der Waals surface area contributed by atoms with Crippen LogP contribution in [0.3, 0.4) is 0 Å². The quantitative estimate of drug-likeness (QED) is 0.201. The second-order valence-corrected chi connectivity index (χ2v) is 9.72. The summed E-state index contributed by atoms with van der Waals surface area (Å²) in [6, 6.07) is 34.3. The smallest absolute Gasteiger partial charge is 0.262 e. The van der Waals surface area contributed by atoms with Crippen LogP contribution in [0, 0.1) is 0 Å². The third-order valence-electron chi connectivity index (χ3n) is 6.76. The summed E-state index contributed by atoms with van der Waals surface area (Å²) in [6.45, 7) is 0. The first-order valence-corrected chi connectivity index (χ1v) is 13.0. The molecule has 6 nitrogen and oxygen atoms in total. The summed E-state index contributed by atoms with van der Waals surface area (Å²) in [5, 5.41) is 8.73. The lowest BCUT2D eigenvalue weighted by Crippen LogP contribution is -2.38. The van der Waals surface area contributed by atoms with Gasteiger partial charge in [-0.2, -0.15) is 0 Å². The summed E-state index contributed by atoms with van der Waals surface area (Å²) < 4.78 is 5.61. The Morgan fingerprint density at radius 3 is 1.79 bits per heavy atom. The van der Waals surface area contributed by atoms with E-state index in [2.05, 4.69) is 47.0 Å². The zero-order valence-corrected chi connectivity index (χ0v) is 21.3. The van der Waals surface area contributed by atoms with Crippen LogP contribution in [0.1, 0.15) is 37.4 Å². The molecule has 38 heavy (non-hydrogen) atoms. The van der Waals surface area contributed by atoms with Crippen molar-refractivity contribution >= 4 is 28.3 Å². The molecule has 0 fully saturated rings. The second-order valence-electron chi connectivity index (χ2n) is 8.86. The van der Waals surface area contributed by atoms with Crippen LogP contribution in [-0.4, -0.2) is 23.9 Å². The Hall–Kier alpha value is -4.75. The first-order chi connectivity index (χ1) is 18.6. The predicted molar refractivity (Wildman–Crippen MR) is 149 cm³/mol. The van der Waals surface area contributed by atoms with E-state index in [4.69, 9.17) is 9.72 Å². The van der Waals surface area contributed by atoms with E-state index in [1.807, 2.05) is 60.0 Å². The Balaban J connectivity index is 1.49. The van der Waals surface area contributed by atoms with Crippen LogP contribution in [0.25, 0.3) is 11.3 Å². The minimum Gasteiger partial charge on any atom is -0.495 e. The van der Waals surface area contributed by atoms with E-state index in [0.29, 0.717) is 27.7 Å². The van der Waals surface area contributed by atoms with E-state index in [1.165, 1.54) is 18.4 Å². The molecule has 7 heteroatoms. The zero-order chi connectivity index (χ0) is 26.1. The lowest BCUT2D eigenvalue weighted by atomic mass is 9.77. The number of ether oxygens (including phenoxy) is 1. The number of amides is 2. The Kier molecular flexibility index (Phi) is 5.98. The monoisotopic (exact) mass is 517 g/mol. The zero-order valence-electron chi connectivity index (χ0n) is 20.5. The molecule has 1 aliphatic rings. The molecule has 0 saturated carbocycles. The molecule has 0 aliphatic carbocycles. The van der Waals surface area contributed by atoms with Crippen molar-refractivity contribution in [3.8, 4) is 17.0 Å². The molecule has 0 atom stereocenters. The summed E-state index contributed by atoms with van der Waals surface area (Å²) in [6.07, 6.45) is 0. The highest BCUT2D eigenvalue weighted by Crippen LogP contribution is 2.43. The van der Waals surface area contributed by atoms with Gasteiger partial charge >= 0.3 is 0 Å². The minimum atomic E-state index is -0.715. The van der Waals surface area contributed by atoms with Gasteiger partial charge in [0, 0.05) is 10.9 Å². The van der Waals surface area contributed by atoms with Gasteiger partial charge in [-0.25, -0.2) is 4.98 Å². The van der Waals surface area contributed by atoms with Gasteiger partial charge in [0.15, 0.2) is 5.13 Å². The maximum Gasteiger partial charge on any atom is 0.262 e. The summed E-state index contributed by atoms with van der Waals surface area (Å²) in [4.78, 5) is 29.5. The number of aromatic nitrogens is 1. The second kappa shape index (κ2) is 9.61. The molecule has 2 amide bonds. The van der Waals surface area contributed by atoms with Crippen molar-refractivity contribution in [1.29, 1.82) is 0 Å². The van der Waals surface area contributed by atoms with Gasteiger partial charge in [0.2, 0.25) is 0 Å². The van der Waals surface area contributed by atoms with Crippen LogP contribution >= 0.6 is 11.3 Å². The SMILES string of the molecule is COc1c(-c2csc(NC(c3ccccc3)(c3ccccc3)c3ccccc3)n2)ccc2c1C(=O)NC2=O. The van der Waals surface area contributed by atoms with Crippen LogP contribution in [0.15, 0.2) is 109 Å². The number of benzene rings is 4. The molecule has 0 radical (unpaired) electrons. The number of carbonyl (C=O) groups excluding carboxylic acids is 2. The van der Waals surface area contributed by atoms with E-state index in [1.54, 1.807) is 12.1 Å². The summed E-state index contributed by atoms with van der Waals surface area (Å²) >= 11 is 1.46. The molecule has 0 saturated heterocycles. The number of fused-ring (bicyclic) bond motifs is 1. The molecule has 5 aromatic rings. The van der Waals surface area contributed by atoms with E-state index >= 15 is 0 Å². The van der Waals surface area contributed by atoms with Crippen molar-refractivity contribution in [3.63, 3.8) is 0 Å². The molecule has 2 heterocycles. The van der Waals surface area contributed by atoms with Gasteiger partial charge < -0.3 is 10.1 Å². The lowest BCUT2D eigenvalue weighted by molar-refractivity contribution is 0.0879. The van der Waals surface area contributed by atoms with Gasteiger partial charge in [-0.15, -0.1) is 11.3 Å². The number of rotatable bonds is 7. The molecule has 186 valence electrons. The molecule has 1 aromatic heterocycles. The van der Waals surface area contributed by atoms with Crippen LogP contribution in [0.4, 0.5) is 5.13 Å². The van der Waals surface area contributed by atoms with Gasteiger partial charge in [-0.3, -0.25) is 14.9 Å². The number of nitrogens with zero attached hydrogens (tertiary/aromatic N) is 1. The third-order valence-corrected chi connectivity index (χ3v) is 7.51. The van der Waals surface area contributed by atoms with Gasteiger partial charge in [0.05, 0.1) is 23.9 Å². The molecular formula is C31H23N3O3S. The fourth-order valence-corrected chi connectivity index (χ4v) is 5.81. The number of hydrogen-bond donors (Lipinski definition) is 2. The van der Waals surface area contributed by atoms with Gasteiger partial charge in [0.25, 0.3) is 11.8 Å². The standard InChI is InChI=1S/C31H23N3O3S/c1-37-27-23(17-18-24-26(27)29(36)33-28(24)35)25-19-38-30(32-25)34-31(20-11-5-2-6-12-20,21-13-7-3-8-14-21)22-15-9-4-10-16-22/h2-19H,1H3,(H,32,34)(H,33,35,36). The van der Waals surface area contributed by atoms with Gasteiger partial charge in [0.1, 0.15) is 11.3 Å². The van der Waals surface area contributed by atoms with Crippen molar-refractivity contribution in [3.05, 3.63) is 136 Å². The molecule has 0 bridgehead atoms. The number of hydrogen-bond acceptors (Lipinski definition) is 6. The summed E-state index contributed by atoms with van der Waals surface area (Å²) in [7, 11) is 1.49. The first-order valence-electron chi connectivity index (χ1n) is 12.1. The number of methoxy groups -OCH3 is 1. The van der Waals surface area contributed by atoms with Crippen LogP contribution in [0.2, 0.25) is 0 Å². The molecule has 0 unspecified atom stereocenters. The molecule has 0 spiro atoms. The Bertz CT molecular complexity index is 1540. The summed E-state index contributed by atoms with van der Waals surface area (Å²) in [5.41, 5.74) is 4.33. The maximum atomic E-state index is 12.5. The van der Waals surface area contributed by atoms with Gasteiger partial charge in [-0.05, 0) is 28.8 Å². The molecule has 4 aromatic carbocycles. The molecule has 2 N–H and O–H groups in total. The number of carbonyl (C=O) groups is 2. The molecular weight excluding hydrogens is 494 g/mol. The Morgan fingerprint density at radius 2 is 1.26 bits per heavy atom. The van der Waals surface area contributed by atoms with Crippen molar-refractivity contribution in [2.24, 2.45) is 0 Å². The fourth-order valence-electron chi connectivity index (χ4n) is 5.04. The highest BCUT2D eigenvalue weighted by atomic mass is 32.1. The van der Waals surface area contributed by atoms with E-state index < -0.39 is 17.4 Å². The highest BCUT2D eigenvalue weighted by Gasteiger charge is 2.37. The first kappa shape index (κ1) is 23.6. The Labute approximate surface area is 224 Å². The molecule has 6 rings (SSSR count). The number of imide groups is 1. The normalized spacial score (nSPS) is 12.7. The predicted octanol–water partition coefficient (Wildman–Crippen LogP) is 6.11. The van der Waals surface area contributed by atoms with E-state index in [0.717, 1.165) is 16.7 Å². The van der Waals surface area contributed by atoms with Crippen LogP contribution in [-0.2, 0) is 5.54 Å². The van der Waals surface area contributed by atoms with Crippen molar-refractivity contribution in [2.45, 2.75) is 5.54 Å². The van der Waals surface area contributed by atoms with E-state index in [-0.39, 0.29) is 5.56 Å². The summed E-state index contributed by atoms with van der Waals surface area (Å²) in [5.74, 6) is -0.550. The van der Waals surface area contributed by atoms with Crippen molar-refractivity contribution < 1.29 is 14.3 Å². The average Bonchev–Trinajstić information content (AvgIpc) is 3.56. The number of anilines is 1. The van der Waals surface area contributed by atoms with Crippen molar-refractivity contribution in [1.82, 2.24) is 10.3 Å². The fraction of sp³-hybridized carbons (Fsp3) is 0.0645.